The van der Waals surface area contributed by atoms with Gasteiger partial charge in [-0.15, -0.1) is 0 Å². The van der Waals surface area contributed by atoms with Crippen LogP contribution in [0.2, 0.25) is 0 Å². The maximum Gasteiger partial charge on any atom is 0.235 e. The van der Waals surface area contributed by atoms with Crippen LogP contribution in [0.15, 0.2) is 0 Å². The Bertz CT molecular complexity index is 473. The van der Waals surface area contributed by atoms with Crippen LogP contribution in [-0.2, 0) is 14.8 Å². The van der Waals surface area contributed by atoms with Crippen LogP contribution in [0.25, 0.3) is 0 Å². The number of sulfonamides is 1. The zero-order chi connectivity index (χ0) is 16.7. The number of hydrogen-bond acceptors (Lipinski definition) is 4. The van der Waals surface area contributed by atoms with Gasteiger partial charge in [-0.3, -0.25) is 4.79 Å². The largest absolute Gasteiger partial charge is 0.355 e. The lowest BCUT2D eigenvalue weighted by molar-refractivity contribution is -0.120. The molecule has 7 heteroatoms. The second-order valence-electron chi connectivity index (χ2n) is 7.05. The monoisotopic (exact) mass is 345 g/mol. The third-order valence-electron chi connectivity index (χ3n) is 4.99. The minimum absolute atomic E-state index is 0.169. The van der Waals surface area contributed by atoms with E-state index in [2.05, 4.69) is 14.9 Å². The minimum atomic E-state index is -3.31. The van der Waals surface area contributed by atoms with Gasteiger partial charge in [0.05, 0.1) is 12.8 Å². The van der Waals surface area contributed by atoms with Gasteiger partial charge in [0.1, 0.15) is 0 Å². The quantitative estimate of drug-likeness (QED) is 0.755. The third-order valence-corrected chi connectivity index (χ3v) is 5.66. The topological polar surface area (TPSA) is 78.5 Å². The number of nitrogens with zero attached hydrogens (tertiary/aromatic N) is 1. The van der Waals surface area contributed by atoms with Crippen LogP contribution in [0.1, 0.15) is 51.4 Å². The molecule has 1 saturated carbocycles. The Kier molecular flexibility index (Phi) is 7.30. The van der Waals surface area contributed by atoms with Crippen LogP contribution in [0.5, 0.6) is 0 Å². The van der Waals surface area contributed by atoms with Gasteiger partial charge < -0.3 is 10.2 Å². The van der Waals surface area contributed by atoms with Gasteiger partial charge in [-0.05, 0) is 31.7 Å². The van der Waals surface area contributed by atoms with E-state index < -0.39 is 10.0 Å². The maximum atomic E-state index is 11.7. The highest BCUT2D eigenvalue weighted by molar-refractivity contribution is 7.88. The van der Waals surface area contributed by atoms with Crippen LogP contribution in [0.4, 0.5) is 0 Å². The minimum Gasteiger partial charge on any atom is -0.355 e. The number of nitrogens with one attached hydrogen (secondary N) is 2. The van der Waals surface area contributed by atoms with Crippen LogP contribution in [0.3, 0.4) is 0 Å². The van der Waals surface area contributed by atoms with Gasteiger partial charge in [0.25, 0.3) is 0 Å². The standard InChI is InChI=1S/C16H31N3O3S/c1-23(21,22)18-12-16(20)17-11-14-9-10-19(13-14)15-7-5-3-2-4-6-8-15/h14-15,18H,2-13H2,1H3,(H,17,20)/t14-/m1/s1. The molecule has 0 radical (unpaired) electrons. The fourth-order valence-electron chi connectivity index (χ4n) is 3.68. The number of hydrogen-bond donors (Lipinski definition) is 2. The molecule has 6 nitrogen and oxygen atoms in total. The summed E-state index contributed by atoms with van der Waals surface area (Å²) < 4.78 is 24.2. The second kappa shape index (κ2) is 8.99. The number of carbonyl (C=O) groups excluding carboxylic acids is 1. The van der Waals surface area contributed by atoms with E-state index in [1.807, 2.05) is 0 Å². The van der Waals surface area contributed by atoms with Crippen LogP contribution >= 0.6 is 0 Å². The average Bonchev–Trinajstić information content (AvgIpc) is 2.90. The molecule has 2 fully saturated rings. The summed E-state index contributed by atoms with van der Waals surface area (Å²) in [5.74, 6) is 0.238. The predicted octanol–water partition coefficient (Wildman–Crippen LogP) is 1.09. The molecule has 1 aliphatic heterocycles. The van der Waals surface area contributed by atoms with E-state index in [9.17, 15) is 13.2 Å². The highest BCUT2D eigenvalue weighted by Gasteiger charge is 2.28. The van der Waals surface area contributed by atoms with Gasteiger partial charge in [-0.1, -0.05) is 32.1 Å². The number of amides is 1. The Morgan fingerprint density at radius 1 is 1.09 bits per heavy atom. The summed E-state index contributed by atoms with van der Waals surface area (Å²) in [5, 5.41) is 2.85. The molecule has 2 N–H and O–H groups in total. The molecule has 2 rings (SSSR count). The molecule has 0 aromatic carbocycles. The van der Waals surface area contributed by atoms with Crippen molar-refractivity contribution < 1.29 is 13.2 Å². The Morgan fingerprint density at radius 3 is 2.39 bits per heavy atom. The van der Waals surface area contributed by atoms with E-state index >= 15 is 0 Å². The second-order valence-corrected chi connectivity index (χ2v) is 8.88. The zero-order valence-corrected chi connectivity index (χ0v) is 15.0. The van der Waals surface area contributed by atoms with Crippen molar-refractivity contribution in [3.8, 4) is 0 Å². The van der Waals surface area contributed by atoms with Gasteiger partial charge in [0, 0.05) is 19.1 Å². The summed E-state index contributed by atoms with van der Waals surface area (Å²) in [6, 6.07) is 0.725. The molecule has 1 saturated heterocycles. The molecular formula is C16H31N3O3S. The van der Waals surface area contributed by atoms with Crippen molar-refractivity contribution in [1.29, 1.82) is 0 Å². The molecule has 1 heterocycles. The van der Waals surface area contributed by atoms with E-state index in [1.165, 1.54) is 44.9 Å². The first-order valence-corrected chi connectivity index (χ1v) is 10.8. The Morgan fingerprint density at radius 2 is 1.74 bits per heavy atom. The van der Waals surface area contributed by atoms with Crippen LogP contribution < -0.4 is 10.0 Å². The fourth-order valence-corrected chi connectivity index (χ4v) is 4.07. The lowest BCUT2D eigenvalue weighted by atomic mass is 9.96. The van der Waals surface area contributed by atoms with Crippen molar-refractivity contribution in [2.45, 2.75) is 57.4 Å². The lowest BCUT2D eigenvalue weighted by Gasteiger charge is -2.29. The van der Waals surface area contributed by atoms with Gasteiger partial charge in [-0.25, -0.2) is 13.1 Å². The fraction of sp³-hybridized carbons (Fsp3) is 0.938. The Labute approximate surface area is 140 Å². The number of rotatable bonds is 6. The number of likely N-dealkylation sites (tertiary alicyclic amines) is 1. The highest BCUT2D eigenvalue weighted by Crippen LogP contribution is 2.26. The maximum absolute atomic E-state index is 11.7. The van der Waals surface area contributed by atoms with E-state index in [0.29, 0.717) is 12.5 Å². The lowest BCUT2D eigenvalue weighted by Crippen LogP contribution is -2.39. The molecule has 0 unspecified atom stereocenters. The molecule has 0 spiro atoms. The molecular weight excluding hydrogens is 314 g/mol. The first kappa shape index (κ1) is 18.7. The van der Waals surface area contributed by atoms with Crippen molar-refractivity contribution in [3.05, 3.63) is 0 Å². The first-order chi connectivity index (χ1) is 10.9. The van der Waals surface area contributed by atoms with Crippen LogP contribution in [0, 0.1) is 5.92 Å². The van der Waals surface area contributed by atoms with Crippen molar-refractivity contribution >= 4 is 15.9 Å². The van der Waals surface area contributed by atoms with E-state index in [-0.39, 0.29) is 12.5 Å². The molecule has 0 bridgehead atoms. The van der Waals surface area contributed by atoms with Crippen molar-refractivity contribution in [2.75, 3.05) is 32.4 Å². The highest BCUT2D eigenvalue weighted by atomic mass is 32.2. The summed E-state index contributed by atoms with van der Waals surface area (Å²) in [5.41, 5.74) is 0. The van der Waals surface area contributed by atoms with E-state index in [0.717, 1.165) is 31.8 Å². The number of carbonyl (C=O) groups is 1. The average molecular weight is 346 g/mol. The summed E-state index contributed by atoms with van der Waals surface area (Å²) in [6.45, 7) is 2.67. The smallest absolute Gasteiger partial charge is 0.235 e. The normalized spacial score (nSPS) is 25.0. The molecule has 1 amide bonds. The Balaban J connectivity index is 1.67. The third kappa shape index (κ3) is 7.18. The van der Waals surface area contributed by atoms with E-state index in [1.54, 1.807) is 0 Å². The Hall–Kier alpha value is -0.660. The molecule has 0 aromatic heterocycles. The van der Waals surface area contributed by atoms with Gasteiger partial charge >= 0.3 is 0 Å². The SMILES string of the molecule is CS(=O)(=O)NCC(=O)NC[C@H]1CCN(C2CCCCCCC2)C1. The van der Waals surface area contributed by atoms with Crippen molar-refractivity contribution in [2.24, 2.45) is 5.92 Å². The first-order valence-electron chi connectivity index (χ1n) is 8.89. The van der Waals surface area contributed by atoms with Crippen molar-refractivity contribution in [1.82, 2.24) is 14.9 Å². The van der Waals surface area contributed by atoms with Crippen LogP contribution in [-0.4, -0.2) is 57.7 Å². The van der Waals surface area contributed by atoms with Gasteiger partial charge in [-0.2, -0.15) is 0 Å². The van der Waals surface area contributed by atoms with Gasteiger partial charge in [0.2, 0.25) is 15.9 Å². The molecule has 23 heavy (non-hydrogen) atoms. The predicted molar refractivity (Wildman–Crippen MR) is 91.6 cm³/mol. The summed E-state index contributed by atoms with van der Waals surface area (Å²) in [4.78, 5) is 14.3. The summed E-state index contributed by atoms with van der Waals surface area (Å²) in [7, 11) is -3.31. The molecule has 134 valence electrons. The zero-order valence-electron chi connectivity index (χ0n) is 14.2. The molecule has 2 aliphatic rings. The summed E-state index contributed by atoms with van der Waals surface area (Å²) in [6.07, 6.45) is 11.6. The van der Waals surface area contributed by atoms with Crippen molar-refractivity contribution in [3.63, 3.8) is 0 Å². The summed E-state index contributed by atoms with van der Waals surface area (Å²) >= 11 is 0. The molecule has 1 aliphatic carbocycles. The molecule has 1 atom stereocenters. The van der Waals surface area contributed by atoms with Gasteiger partial charge in [0.15, 0.2) is 0 Å². The molecule has 0 aromatic rings. The van der Waals surface area contributed by atoms with E-state index in [4.69, 9.17) is 0 Å².